The Morgan fingerprint density at radius 1 is 0.472 bits per heavy atom. The van der Waals surface area contributed by atoms with Gasteiger partial charge in [-0.1, -0.05) is 6.07 Å². The van der Waals surface area contributed by atoms with Crippen LogP contribution in [0.1, 0.15) is 66.9 Å². The van der Waals surface area contributed by atoms with Crippen LogP contribution in [0, 0.1) is 27.7 Å². The molecule has 0 bridgehead atoms. The predicted molar refractivity (Wildman–Crippen MR) is 229 cm³/mol. The molecule has 2 heteroatoms. The molecule has 1 saturated heterocycles. The van der Waals surface area contributed by atoms with E-state index < -0.39 is 29.5 Å². The number of hydrogen-bond donors (Lipinski definition) is 0. The molecule has 3 aliphatic rings. The van der Waals surface area contributed by atoms with E-state index in [1.165, 1.54) is 94.9 Å². The molecule has 2 unspecified atom stereocenters. The van der Waals surface area contributed by atoms with Gasteiger partial charge in [0.2, 0.25) is 0 Å². The number of rotatable bonds is 4. The van der Waals surface area contributed by atoms with Crippen LogP contribution in [0.5, 0.6) is 0 Å². The van der Waals surface area contributed by atoms with Crippen LogP contribution in [0.25, 0.3) is 56.7 Å². The van der Waals surface area contributed by atoms with Crippen LogP contribution in [0.4, 0.5) is 0 Å². The van der Waals surface area contributed by atoms with Gasteiger partial charge in [0.25, 0.3) is 0 Å². The molecule has 0 nitrogen and oxygen atoms in total. The van der Waals surface area contributed by atoms with Gasteiger partial charge in [-0.25, -0.2) is 0 Å². The number of benzene rings is 6. The van der Waals surface area contributed by atoms with Gasteiger partial charge in [0.1, 0.15) is 0 Å². The first-order valence-corrected chi connectivity index (χ1v) is 32.9. The van der Waals surface area contributed by atoms with Crippen molar-refractivity contribution in [3.63, 3.8) is 0 Å². The van der Waals surface area contributed by atoms with Crippen molar-refractivity contribution >= 4 is 21.7 Å². The SMILES string of the molecule is Cc1cccc(C)c1-c1ccccc1-c1cccc2c1C=C1[SiH2]C3=Cc4c(-c5ccccc5-c5c(C)cccc5C)cccc4[CH]3[Hf]([CH3])([CH3])[CH2]CCC12. The van der Waals surface area contributed by atoms with E-state index in [1.54, 1.807) is 16.3 Å². The molecule has 0 N–H and O–H groups in total. The molecule has 0 amide bonds. The zero-order valence-electron chi connectivity index (χ0n) is 32.2. The Balaban J connectivity index is 1.17. The van der Waals surface area contributed by atoms with E-state index in [9.17, 15) is 0 Å². The number of aryl methyl sites for hydroxylation is 4. The molecule has 262 valence electrons. The van der Waals surface area contributed by atoms with Crippen LogP contribution in [0.2, 0.25) is 13.5 Å². The quantitative estimate of drug-likeness (QED) is 0.155. The first-order valence-electron chi connectivity index (χ1n) is 19.7. The van der Waals surface area contributed by atoms with Crippen LogP contribution in [0.15, 0.2) is 132 Å². The molecule has 0 radical (unpaired) electrons. The van der Waals surface area contributed by atoms with E-state index in [0.717, 1.165) is 0 Å². The summed E-state index contributed by atoms with van der Waals surface area (Å²) in [6.07, 6.45) is 8.07. The Morgan fingerprint density at radius 3 is 1.45 bits per heavy atom. The van der Waals surface area contributed by atoms with Gasteiger partial charge in [-0.05, 0) is 0 Å². The van der Waals surface area contributed by atoms with Crippen molar-refractivity contribution in [1.29, 1.82) is 0 Å². The third kappa shape index (κ3) is 5.89. The molecule has 53 heavy (non-hydrogen) atoms. The molecular formula is C51H50HfSi. The summed E-state index contributed by atoms with van der Waals surface area (Å²) in [6, 6.07) is 46.2. The van der Waals surface area contributed by atoms with Crippen LogP contribution in [0.3, 0.4) is 0 Å². The average molecular weight is 870 g/mol. The molecule has 0 aromatic heterocycles. The molecule has 2 atom stereocenters. The predicted octanol–water partition coefficient (Wildman–Crippen LogP) is 13.8. The topological polar surface area (TPSA) is 0 Å². The Kier molecular flexibility index (Phi) is 8.91. The molecule has 0 saturated carbocycles. The van der Waals surface area contributed by atoms with Crippen molar-refractivity contribution in [3.05, 3.63) is 176 Å². The van der Waals surface area contributed by atoms with Gasteiger partial charge in [0.15, 0.2) is 0 Å². The van der Waals surface area contributed by atoms with Crippen molar-refractivity contribution in [2.45, 2.75) is 63.7 Å². The zero-order valence-corrected chi connectivity index (χ0v) is 37.2. The number of hydrogen-bond acceptors (Lipinski definition) is 0. The van der Waals surface area contributed by atoms with Crippen LogP contribution >= 0.6 is 0 Å². The standard InChI is InChI=1S/C49H44Si.2CH3.Hf/c1-6-15-42-41-27-14-26-40(38-22-8-10-24-44(38)49-33(4)18-12-19-34(49)5)46(41)30-47(42)50-36-28-35-20-13-25-39(45(35)29-36)37-21-7-9-23-43(37)48-31(2)16-11-17-32(48)3;;;/h7-14,16-30,42H,1,6,15,50H2,2-5H3;2*1H3;. The first-order chi connectivity index (χ1) is 25.7. The molecule has 2 aliphatic carbocycles. The third-order valence-corrected chi connectivity index (χ3v) is 30.4. The van der Waals surface area contributed by atoms with E-state index in [-0.39, 0.29) is 0 Å². The fourth-order valence-corrected chi connectivity index (χ4v) is 31.2. The van der Waals surface area contributed by atoms with Gasteiger partial charge >= 0.3 is 320 Å². The molecule has 1 aliphatic heterocycles. The summed E-state index contributed by atoms with van der Waals surface area (Å²) >= 11 is -2.72. The van der Waals surface area contributed by atoms with Gasteiger partial charge in [-0.3, -0.25) is 0 Å². The third-order valence-electron chi connectivity index (χ3n) is 12.9. The van der Waals surface area contributed by atoms with Crippen molar-refractivity contribution in [1.82, 2.24) is 0 Å². The van der Waals surface area contributed by atoms with E-state index in [0.29, 0.717) is 9.59 Å². The van der Waals surface area contributed by atoms with E-state index >= 15 is 0 Å². The molecule has 0 spiro atoms. The minimum absolute atomic E-state index is 0.556. The fourth-order valence-electron chi connectivity index (χ4n) is 10.6. The van der Waals surface area contributed by atoms with Crippen molar-refractivity contribution in [2.75, 3.05) is 0 Å². The number of fused-ring (bicyclic) bond motifs is 6. The molecule has 1 fully saturated rings. The monoisotopic (exact) mass is 870 g/mol. The zero-order chi connectivity index (χ0) is 36.4. The summed E-state index contributed by atoms with van der Waals surface area (Å²) in [5.74, 6) is 0.556. The van der Waals surface area contributed by atoms with Crippen molar-refractivity contribution < 1.29 is 20.0 Å². The summed E-state index contributed by atoms with van der Waals surface area (Å²) in [5.41, 5.74) is 22.6. The minimum atomic E-state index is -2.72. The Labute approximate surface area is 323 Å². The van der Waals surface area contributed by atoms with Gasteiger partial charge < -0.3 is 0 Å². The van der Waals surface area contributed by atoms with Crippen LogP contribution in [-0.2, 0) is 20.0 Å². The maximum absolute atomic E-state index is 2.78. The van der Waals surface area contributed by atoms with E-state index in [4.69, 9.17) is 0 Å². The van der Waals surface area contributed by atoms with E-state index in [1.807, 2.05) is 5.20 Å². The summed E-state index contributed by atoms with van der Waals surface area (Å²) in [5, 5.41) is 3.59. The second kappa shape index (κ2) is 13.6. The molecule has 6 aromatic carbocycles. The summed E-state index contributed by atoms with van der Waals surface area (Å²) in [6.45, 7) is 9.05. The van der Waals surface area contributed by atoms with Crippen molar-refractivity contribution in [3.8, 4) is 44.5 Å². The van der Waals surface area contributed by atoms with Gasteiger partial charge in [0.05, 0.1) is 0 Å². The maximum atomic E-state index is 2.78. The van der Waals surface area contributed by atoms with E-state index in [2.05, 4.69) is 171 Å². The van der Waals surface area contributed by atoms with Gasteiger partial charge in [0, 0.05) is 0 Å². The van der Waals surface area contributed by atoms with Gasteiger partial charge in [-0.2, -0.15) is 0 Å². The average Bonchev–Trinajstić information content (AvgIpc) is 3.70. The van der Waals surface area contributed by atoms with Crippen molar-refractivity contribution in [2.24, 2.45) is 0 Å². The summed E-state index contributed by atoms with van der Waals surface area (Å²) in [4.78, 5) is 0. The molecular weight excluding hydrogens is 819 g/mol. The molecule has 6 aromatic rings. The summed E-state index contributed by atoms with van der Waals surface area (Å²) < 4.78 is 7.70. The second-order valence-electron chi connectivity index (χ2n) is 16.7. The Morgan fingerprint density at radius 2 is 0.906 bits per heavy atom. The normalized spacial score (nSPS) is 18.9. The molecule has 9 rings (SSSR count). The molecule has 1 heterocycles. The van der Waals surface area contributed by atoms with Crippen LogP contribution < -0.4 is 0 Å². The second-order valence-corrected chi connectivity index (χ2v) is 36.9. The first kappa shape index (κ1) is 34.6. The Bertz CT molecular complexity index is 2450. The summed E-state index contributed by atoms with van der Waals surface area (Å²) in [7, 11) is -0.670. The fraction of sp³-hybridized carbons (Fsp3) is 0.216. The Hall–Kier alpha value is -4.11. The van der Waals surface area contributed by atoms with Gasteiger partial charge in [-0.15, -0.1) is 0 Å². The number of allylic oxidation sites excluding steroid dienone is 2. The van der Waals surface area contributed by atoms with Crippen LogP contribution in [-0.4, -0.2) is 9.52 Å².